The molecular formula is C12H18ClN3OS. The first-order valence-corrected chi connectivity index (χ1v) is 7.34. The third-order valence-corrected chi connectivity index (χ3v) is 3.60. The van der Waals surface area contributed by atoms with E-state index in [1.165, 1.54) is 0 Å². The van der Waals surface area contributed by atoms with Gasteiger partial charge in [0.05, 0.1) is 0 Å². The van der Waals surface area contributed by atoms with Gasteiger partial charge in [-0.15, -0.1) is 0 Å². The van der Waals surface area contributed by atoms with Crippen LogP contribution in [0.2, 0.25) is 5.15 Å². The van der Waals surface area contributed by atoms with E-state index in [1.807, 2.05) is 6.92 Å². The van der Waals surface area contributed by atoms with Gasteiger partial charge < -0.3 is 10.6 Å². The Kier molecular flexibility index (Phi) is 6.29. The number of nitrogens with one attached hydrogen (secondary N) is 2. The number of amides is 1. The van der Waals surface area contributed by atoms with Gasteiger partial charge in [-0.05, 0) is 24.8 Å². The van der Waals surface area contributed by atoms with Crippen LogP contribution in [0.1, 0.15) is 24.2 Å². The smallest absolute Gasteiger partial charge is 0.251 e. The molecule has 0 bridgehead atoms. The number of pyridine rings is 1. The summed E-state index contributed by atoms with van der Waals surface area (Å²) in [7, 11) is 1.74. The molecule has 4 nitrogen and oxygen atoms in total. The van der Waals surface area contributed by atoms with Crippen LogP contribution in [0.3, 0.4) is 0 Å². The fraction of sp³-hybridized carbons (Fsp3) is 0.500. The highest BCUT2D eigenvalue weighted by molar-refractivity contribution is 7.99. The average Bonchev–Trinajstić information content (AvgIpc) is 2.35. The van der Waals surface area contributed by atoms with Gasteiger partial charge in [0.25, 0.3) is 5.91 Å². The van der Waals surface area contributed by atoms with E-state index in [4.69, 9.17) is 11.6 Å². The molecule has 6 heteroatoms. The maximum atomic E-state index is 12.0. The summed E-state index contributed by atoms with van der Waals surface area (Å²) in [6, 6.07) is 3.38. The number of thioether (sulfide) groups is 1. The third-order valence-electron chi connectivity index (χ3n) is 2.26. The lowest BCUT2D eigenvalue weighted by Crippen LogP contribution is -2.34. The van der Waals surface area contributed by atoms with E-state index in [2.05, 4.69) is 22.5 Å². The normalized spacial score (nSPS) is 12.0. The summed E-state index contributed by atoms with van der Waals surface area (Å²) in [6.07, 6.45) is 0. The molecule has 0 spiro atoms. The molecule has 0 saturated heterocycles. The molecule has 0 radical (unpaired) electrons. The van der Waals surface area contributed by atoms with Crippen molar-refractivity contribution in [3.8, 4) is 0 Å². The molecule has 1 atom stereocenters. The highest BCUT2D eigenvalue weighted by atomic mass is 35.5. The second-order valence-electron chi connectivity index (χ2n) is 3.85. The Morgan fingerprint density at radius 2 is 2.28 bits per heavy atom. The largest absolute Gasteiger partial charge is 0.373 e. The van der Waals surface area contributed by atoms with Crippen molar-refractivity contribution in [2.24, 2.45) is 0 Å². The number of hydrogen-bond acceptors (Lipinski definition) is 4. The second kappa shape index (κ2) is 7.48. The van der Waals surface area contributed by atoms with Crippen molar-refractivity contribution in [2.45, 2.75) is 19.9 Å². The summed E-state index contributed by atoms with van der Waals surface area (Å²) in [6.45, 7) is 4.09. The maximum Gasteiger partial charge on any atom is 0.251 e. The third kappa shape index (κ3) is 4.74. The Morgan fingerprint density at radius 3 is 2.89 bits per heavy atom. The summed E-state index contributed by atoms with van der Waals surface area (Å²) >= 11 is 7.66. The van der Waals surface area contributed by atoms with E-state index in [0.717, 1.165) is 11.5 Å². The van der Waals surface area contributed by atoms with Crippen molar-refractivity contribution < 1.29 is 4.79 Å². The van der Waals surface area contributed by atoms with Crippen LogP contribution in [-0.4, -0.2) is 35.5 Å². The number of carbonyl (C=O) groups excluding carboxylic acids is 1. The molecule has 1 rings (SSSR count). The molecule has 1 aromatic heterocycles. The van der Waals surface area contributed by atoms with E-state index < -0.39 is 0 Å². The van der Waals surface area contributed by atoms with E-state index in [-0.39, 0.29) is 11.9 Å². The maximum absolute atomic E-state index is 12.0. The Morgan fingerprint density at radius 1 is 1.56 bits per heavy atom. The number of carbonyl (C=O) groups is 1. The second-order valence-corrected chi connectivity index (χ2v) is 5.55. The van der Waals surface area contributed by atoms with Crippen molar-refractivity contribution in [3.05, 3.63) is 22.8 Å². The lowest BCUT2D eigenvalue weighted by molar-refractivity contribution is 0.0943. The van der Waals surface area contributed by atoms with Crippen molar-refractivity contribution >= 4 is 35.1 Å². The first-order valence-electron chi connectivity index (χ1n) is 5.80. The van der Waals surface area contributed by atoms with Crippen LogP contribution in [0.4, 0.5) is 5.82 Å². The van der Waals surface area contributed by atoms with Crippen LogP contribution in [0, 0.1) is 0 Å². The summed E-state index contributed by atoms with van der Waals surface area (Å²) in [4.78, 5) is 16.0. The molecular weight excluding hydrogens is 270 g/mol. The fourth-order valence-electron chi connectivity index (χ4n) is 1.40. The Labute approximate surface area is 117 Å². The zero-order valence-corrected chi connectivity index (χ0v) is 12.4. The van der Waals surface area contributed by atoms with E-state index >= 15 is 0 Å². The van der Waals surface area contributed by atoms with E-state index in [0.29, 0.717) is 16.5 Å². The Bertz CT molecular complexity index is 414. The molecule has 0 aromatic carbocycles. The molecule has 2 N–H and O–H groups in total. The number of hydrogen-bond donors (Lipinski definition) is 2. The van der Waals surface area contributed by atoms with Crippen LogP contribution in [0.25, 0.3) is 0 Å². The number of rotatable bonds is 6. The first-order chi connectivity index (χ1) is 8.56. The monoisotopic (exact) mass is 287 g/mol. The molecule has 0 fully saturated rings. The van der Waals surface area contributed by atoms with Crippen molar-refractivity contribution in [2.75, 3.05) is 23.9 Å². The van der Waals surface area contributed by atoms with Crippen LogP contribution in [0.15, 0.2) is 12.1 Å². The number of halogens is 1. The minimum Gasteiger partial charge on any atom is -0.373 e. The Hall–Kier alpha value is -0.940. The molecule has 1 heterocycles. The predicted octanol–water partition coefficient (Wildman–Crippen LogP) is 2.65. The highest BCUT2D eigenvalue weighted by Gasteiger charge is 2.11. The quantitative estimate of drug-likeness (QED) is 0.790. The van der Waals surface area contributed by atoms with Crippen LogP contribution in [0.5, 0.6) is 0 Å². The highest BCUT2D eigenvalue weighted by Crippen LogP contribution is 2.14. The molecule has 0 aliphatic rings. The lowest BCUT2D eigenvalue weighted by Gasteiger charge is -2.13. The van der Waals surface area contributed by atoms with Gasteiger partial charge >= 0.3 is 0 Å². The standard InChI is InChI=1S/C12H18ClN3OS/c1-4-18-7-8(2)15-12(17)9-5-10(13)16-11(6-9)14-3/h5-6,8H,4,7H2,1-3H3,(H,14,16)(H,15,17). The zero-order valence-electron chi connectivity index (χ0n) is 10.8. The van der Waals surface area contributed by atoms with Gasteiger partial charge in [0, 0.05) is 24.4 Å². The van der Waals surface area contributed by atoms with Gasteiger partial charge in [0.15, 0.2) is 0 Å². The van der Waals surface area contributed by atoms with Crippen molar-refractivity contribution in [1.82, 2.24) is 10.3 Å². The molecule has 18 heavy (non-hydrogen) atoms. The summed E-state index contributed by atoms with van der Waals surface area (Å²) in [5, 5.41) is 6.11. The van der Waals surface area contributed by atoms with Crippen molar-refractivity contribution in [1.29, 1.82) is 0 Å². The van der Waals surface area contributed by atoms with Crippen LogP contribution < -0.4 is 10.6 Å². The Balaban J connectivity index is 2.68. The number of aromatic nitrogens is 1. The predicted molar refractivity (Wildman–Crippen MR) is 78.7 cm³/mol. The first kappa shape index (κ1) is 15.1. The van der Waals surface area contributed by atoms with Crippen molar-refractivity contribution in [3.63, 3.8) is 0 Å². The van der Waals surface area contributed by atoms with Gasteiger partial charge in [0.2, 0.25) is 0 Å². The molecule has 1 amide bonds. The van der Waals surface area contributed by atoms with Gasteiger partial charge in [0.1, 0.15) is 11.0 Å². The van der Waals surface area contributed by atoms with Crippen LogP contribution in [-0.2, 0) is 0 Å². The SMILES string of the molecule is CCSCC(C)NC(=O)c1cc(Cl)nc(NC)c1. The van der Waals surface area contributed by atoms with Gasteiger partial charge in [-0.1, -0.05) is 18.5 Å². The molecule has 0 aliphatic carbocycles. The molecule has 1 aromatic rings. The zero-order chi connectivity index (χ0) is 13.5. The molecule has 0 aliphatic heterocycles. The average molecular weight is 288 g/mol. The minimum atomic E-state index is -0.125. The van der Waals surface area contributed by atoms with E-state index in [9.17, 15) is 4.79 Å². The number of anilines is 1. The van der Waals surface area contributed by atoms with Crippen LogP contribution >= 0.6 is 23.4 Å². The number of nitrogens with zero attached hydrogens (tertiary/aromatic N) is 1. The topological polar surface area (TPSA) is 54.0 Å². The fourth-order valence-corrected chi connectivity index (χ4v) is 2.28. The molecule has 1 unspecified atom stereocenters. The van der Waals surface area contributed by atoms with Gasteiger partial charge in [-0.2, -0.15) is 11.8 Å². The summed E-state index contributed by atoms with van der Waals surface area (Å²) < 4.78 is 0. The molecule has 0 saturated carbocycles. The summed E-state index contributed by atoms with van der Waals surface area (Å²) in [5.74, 6) is 2.41. The molecule has 100 valence electrons. The lowest BCUT2D eigenvalue weighted by atomic mass is 10.2. The summed E-state index contributed by atoms with van der Waals surface area (Å²) in [5.41, 5.74) is 0.521. The minimum absolute atomic E-state index is 0.125. The van der Waals surface area contributed by atoms with E-state index in [1.54, 1.807) is 30.9 Å². The van der Waals surface area contributed by atoms with Gasteiger partial charge in [-0.25, -0.2) is 4.98 Å². The van der Waals surface area contributed by atoms with Gasteiger partial charge in [-0.3, -0.25) is 4.79 Å².